The van der Waals surface area contributed by atoms with Crippen LogP contribution in [-0.4, -0.2) is 46.6 Å². The number of carbonyl (C=O) groups is 1. The van der Waals surface area contributed by atoms with Crippen LogP contribution in [0.1, 0.15) is 26.2 Å². The summed E-state index contributed by atoms with van der Waals surface area (Å²) in [5, 5.41) is 29.4. The average molecular weight is 205 g/mol. The minimum absolute atomic E-state index is 0.0376. The van der Waals surface area contributed by atoms with Crippen LogP contribution in [0.4, 0.5) is 0 Å². The molecule has 0 aromatic carbocycles. The lowest BCUT2D eigenvalue weighted by Gasteiger charge is -2.25. The summed E-state index contributed by atoms with van der Waals surface area (Å²) in [6.07, 6.45) is 0.570. The van der Waals surface area contributed by atoms with Gasteiger partial charge in [0.2, 0.25) is 5.91 Å². The molecule has 0 bridgehead atoms. The zero-order chi connectivity index (χ0) is 11.0. The van der Waals surface area contributed by atoms with Crippen molar-refractivity contribution in [3.63, 3.8) is 0 Å². The second-order valence-corrected chi connectivity index (χ2v) is 3.30. The highest BCUT2D eigenvalue weighted by Gasteiger charge is 2.27. The third kappa shape index (κ3) is 5.16. The lowest BCUT2D eigenvalue weighted by Crippen LogP contribution is -2.38. The third-order valence-corrected chi connectivity index (χ3v) is 2.16. The molecule has 0 heterocycles. The Labute approximate surface area is 83.8 Å². The molecule has 5 heteroatoms. The molecule has 0 rings (SSSR count). The maximum atomic E-state index is 11.2. The predicted octanol–water partition coefficient (Wildman–Crippen LogP) is -0.992. The maximum Gasteiger partial charge on any atom is 0.222 e. The molecule has 1 unspecified atom stereocenters. The zero-order valence-electron chi connectivity index (χ0n) is 8.49. The Balaban J connectivity index is 3.96. The lowest BCUT2D eigenvalue weighted by atomic mass is 9.92. The largest absolute Gasteiger partial charge is 0.396 e. The standard InChI is InChI=1S/C9H19NO4/c1-2-9(14,3-5-11)7-8(13)10-4-6-12/h11-12,14H,2-7H2,1H3,(H,10,13). The number of aliphatic hydroxyl groups is 3. The van der Waals surface area contributed by atoms with Gasteiger partial charge in [0.1, 0.15) is 0 Å². The van der Waals surface area contributed by atoms with Crippen LogP contribution >= 0.6 is 0 Å². The molecular weight excluding hydrogens is 186 g/mol. The van der Waals surface area contributed by atoms with Gasteiger partial charge in [-0.3, -0.25) is 4.79 Å². The summed E-state index contributed by atoms with van der Waals surface area (Å²) in [6.45, 7) is 1.70. The van der Waals surface area contributed by atoms with Crippen molar-refractivity contribution in [2.45, 2.75) is 31.8 Å². The van der Waals surface area contributed by atoms with Gasteiger partial charge >= 0.3 is 0 Å². The Morgan fingerprint density at radius 2 is 2.00 bits per heavy atom. The molecule has 0 aliphatic rings. The molecule has 0 aliphatic heterocycles. The van der Waals surface area contributed by atoms with E-state index in [9.17, 15) is 9.90 Å². The van der Waals surface area contributed by atoms with Crippen molar-refractivity contribution >= 4 is 5.91 Å². The maximum absolute atomic E-state index is 11.2. The van der Waals surface area contributed by atoms with Crippen molar-refractivity contribution in [2.24, 2.45) is 0 Å². The molecule has 0 radical (unpaired) electrons. The van der Waals surface area contributed by atoms with Crippen LogP contribution in [-0.2, 0) is 4.79 Å². The third-order valence-electron chi connectivity index (χ3n) is 2.16. The molecule has 5 nitrogen and oxygen atoms in total. The first kappa shape index (κ1) is 13.4. The van der Waals surface area contributed by atoms with Crippen LogP contribution in [0, 0.1) is 0 Å². The summed E-state index contributed by atoms with van der Waals surface area (Å²) in [5.74, 6) is -0.308. The highest BCUT2D eigenvalue weighted by atomic mass is 16.3. The van der Waals surface area contributed by atoms with Crippen LogP contribution in [0.2, 0.25) is 0 Å². The van der Waals surface area contributed by atoms with E-state index in [2.05, 4.69) is 5.32 Å². The molecule has 0 saturated carbocycles. The van der Waals surface area contributed by atoms with Crippen molar-refractivity contribution in [3.8, 4) is 0 Å². The molecule has 0 fully saturated rings. The fourth-order valence-electron chi connectivity index (χ4n) is 1.15. The summed E-state index contributed by atoms with van der Waals surface area (Å²) in [6, 6.07) is 0. The van der Waals surface area contributed by atoms with E-state index in [1.807, 2.05) is 0 Å². The lowest BCUT2D eigenvalue weighted by molar-refractivity contribution is -0.127. The molecule has 1 atom stereocenters. The van der Waals surface area contributed by atoms with Gasteiger partial charge < -0.3 is 20.6 Å². The van der Waals surface area contributed by atoms with Gasteiger partial charge in [0, 0.05) is 13.2 Å². The van der Waals surface area contributed by atoms with E-state index in [1.165, 1.54) is 0 Å². The molecule has 0 aliphatic carbocycles. The van der Waals surface area contributed by atoms with Crippen molar-refractivity contribution in [2.75, 3.05) is 19.8 Å². The van der Waals surface area contributed by atoms with Gasteiger partial charge in [-0.25, -0.2) is 0 Å². The van der Waals surface area contributed by atoms with Crippen LogP contribution in [0.25, 0.3) is 0 Å². The van der Waals surface area contributed by atoms with Crippen molar-refractivity contribution in [3.05, 3.63) is 0 Å². The van der Waals surface area contributed by atoms with E-state index < -0.39 is 5.60 Å². The van der Waals surface area contributed by atoms with Crippen LogP contribution in [0.15, 0.2) is 0 Å². The van der Waals surface area contributed by atoms with E-state index in [-0.39, 0.29) is 38.5 Å². The van der Waals surface area contributed by atoms with Gasteiger partial charge in [0.05, 0.1) is 18.6 Å². The number of carbonyl (C=O) groups excluding carboxylic acids is 1. The van der Waals surface area contributed by atoms with Crippen molar-refractivity contribution < 1.29 is 20.1 Å². The minimum atomic E-state index is -1.13. The Morgan fingerprint density at radius 1 is 1.36 bits per heavy atom. The topological polar surface area (TPSA) is 89.8 Å². The fraction of sp³-hybridized carbons (Fsp3) is 0.889. The molecule has 0 spiro atoms. The van der Waals surface area contributed by atoms with Crippen LogP contribution in [0.3, 0.4) is 0 Å². The van der Waals surface area contributed by atoms with E-state index in [4.69, 9.17) is 10.2 Å². The molecule has 14 heavy (non-hydrogen) atoms. The molecule has 4 N–H and O–H groups in total. The smallest absolute Gasteiger partial charge is 0.222 e. The number of hydrogen-bond donors (Lipinski definition) is 4. The number of hydrogen-bond acceptors (Lipinski definition) is 4. The summed E-state index contributed by atoms with van der Waals surface area (Å²) < 4.78 is 0. The van der Waals surface area contributed by atoms with Gasteiger partial charge in [-0.2, -0.15) is 0 Å². The minimum Gasteiger partial charge on any atom is -0.396 e. The zero-order valence-corrected chi connectivity index (χ0v) is 8.49. The Kier molecular flexibility index (Phi) is 6.44. The first-order chi connectivity index (χ1) is 6.58. The molecule has 0 aromatic heterocycles. The summed E-state index contributed by atoms with van der Waals surface area (Å²) in [7, 11) is 0. The second kappa shape index (κ2) is 6.75. The monoisotopic (exact) mass is 205 g/mol. The van der Waals surface area contributed by atoms with Crippen molar-refractivity contribution in [1.29, 1.82) is 0 Å². The van der Waals surface area contributed by atoms with Gasteiger partial charge in [0.15, 0.2) is 0 Å². The number of rotatable bonds is 7. The number of aliphatic hydroxyl groups excluding tert-OH is 2. The van der Waals surface area contributed by atoms with Gasteiger partial charge in [-0.15, -0.1) is 0 Å². The highest BCUT2D eigenvalue weighted by Crippen LogP contribution is 2.18. The number of nitrogens with one attached hydrogen (secondary N) is 1. The SMILES string of the molecule is CCC(O)(CCO)CC(=O)NCCO. The summed E-state index contributed by atoms with van der Waals surface area (Å²) in [5.41, 5.74) is -1.13. The normalized spacial score (nSPS) is 14.9. The Morgan fingerprint density at radius 3 is 2.43 bits per heavy atom. The van der Waals surface area contributed by atoms with Gasteiger partial charge in [-0.05, 0) is 12.8 Å². The predicted molar refractivity (Wildman–Crippen MR) is 51.7 cm³/mol. The van der Waals surface area contributed by atoms with Crippen LogP contribution in [0.5, 0.6) is 0 Å². The molecule has 84 valence electrons. The Bertz CT molecular complexity index is 174. The van der Waals surface area contributed by atoms with E-state index in [0.717, 1.165) is 0 Å². The first-order valence-electron chi connectivity index (χ1n) is 4.79. The quantitative estimate of drug-likeness (QED) is 0.429. The highest BCUT2D eigenvalue weighted by molar-refractivity contribution is 5.76. The first-order valence-corrected chi connectivity index (χ1v) is 4.79. The Hall–Kier alpha value is -0.650. The van der Waals surface area contributed by atoms with Gasteiger partial charge in [-0.1, -0.05) is 6.92 Å². The fourth-order valence-corrected chi connectivity index (χ4v) is 1.15. The molecule has 1 amide bonds. The molecule has 0 saturated heterocycles. The van der Waals surface area contributed by atoms with E-state index in [1.54, 1.807) is 6.92 Å². The van der Waals surface area contributed by atoms with E-state index >= 15 is 0 Å². The average Bonchev–Trinajstić information content (AvgIpc) is 2.15. The summed E-state index contributed by atoms with van der Waals surface area (Å²) in [4.78, 5) is 11.2. The van der Waals surface area contributed by atoms with E-state index in [0.29, 0.717) is 6.42 Å². The molecule has 0 aromatic rings. The van der Waals surface area contributed by atoms with Crippen LogP contribution < -0.4 is 5.32 Å². The number of amides is 1. The van der Waals surface area contributed by atoms with Gasteiger partial charge in [0.25, 0.3) is 0 Å². The summed E-state index contributed by atoms with van der Waals surface area (Å²) >= 11 is 0. The second-order valence-electron chi connectivity index (χ2n) is 3.30. The molecular formula is C9H19NO4. The van der Waals surface area contributed by atoms with Crippen molar-refractivity contribution in [1.82, 2.24) is 5.32 Å².